The fourth-order valence-corrected chi connectivity index (χ4v) is 5.55. The zero-order chi connectivity index (χ0) is 28.9. The number of hydrogen-bond acceptors (Lipinski definition) is 6. The highest BCUT2D eigenvalue weighted by Gasteiger charge is 2.41. The standard InChI is InChI=1S/C28H28F5N3O3S/c1-18(11-20-4-6-21(7-5-20)28(31,32)33)3-10-26-38-13-23(14-39-26)40-19(2)27(37,15-36-17-34-16-35-36)24-9-8-22(29)12-25(24)30/h3-12,16-17,19,23,26,37H,13-15H2,1-2H3. The van der Waals surface area contributed by atoms with E-state index in [1.165, 1.54) is 47.3 Å². The van der Waals surface area contributed by atoms with Gasteiger partial charge in [0.15, 0.2) is 6.29 Å². The lowest BCUT2D eigenvalue weighted by atomic mass is 9.90. The Labute approximate surface area is 232 Å². The van der Waals surface area contributed by atoms with Gasteiger partial charge in [-0.25, -0.2) is 18.4 Å². The Kier molecular flexibility index (Phi) is 9.44. The molecule has 0 aliphatic carbocycles. The SMILES string of the molecule is CC(C=CC1OCC(SC(C)C(O)(Cn2cncn2)c2ccc(F)cc2F)CO1)=Cc1ccc(C(F)(F)F)cc1. The smallest absolute Gasteiger partial charge is 0.382 e. The lowest BCUT2D eigenvalue weighted by Crippen LogP contribution is -2.43. The molecular formula is C28H28F5N3O3S. The Morgan fingerprint density at radius 3 is 2.45 bits per heavy atom. The van der Waals surface area contributed by atoms with Crippen LogP contribution in [0.25, 0.3) is 6.08 Å². The number of thioether (sulfide) groups is 1. The first kappa shape index (κ1) is 29.9. The summed E-state index contributed by atoms with van der Waals surface area (Å²) in [5, 5.41) is 14.9. The molecule has 1 saturated heterocycles. The maximum atomic E-state index is 14.8. The van der Waals surface area contributed by atoms with Gasteiger partial charge < -0.3 is 14.6 Å². The molecule has 0 radical (unpaired) electrons. The minimum Gasteiger partial charge on any atom is -0.382 e. The van der Waals surface area contributed by atoms with Gasteiger partial charge in [-0.15, -0.1) is 11.8 Å². The van der Waals surface area contributed by atoms with Crippen LogP contribution in [0.1, 0.15) is 30.5 Å². The maximum Gasteiger partial charge on any atom is 0.416 e. The van der Waals surface area contributed by atoms with Crippen LogP contribution in [0, 0.1) is 11.6 Å². The van der Waals surface area contributed by atoms with Crippen molar-refractivity contribution in [2.75, 3.05) is 13.2 Å². The van der Waals surface area contributed by atoms with Gasteiger partial charge in [-0.2, -0.15) is 18.3 Å². The normalized spacial score (nSPS) is 20.9. The number of nitrogens with zero attached hydrogens (tertiary/aromatic N) is 3. The molecule has 3 aromatic rings. The number of hydrogen-bond donors (Lipinski definition) is 1. The van der Waals surface area contributed by atoms with Gasteiger partial charge in [0.25, 0.3) is 0 Å². The summed E-state index contributed by atoms with van der Waals surface area (Å²) in [6.07, 6.45) is 2.89. The van der Waals surface area contributed by atoms with E-state index in [1.54, 1.807) is 25.2 Å². The number of halogens is 5. The first-order valence-corrected chi connectivity index (χ1v) is 13.3. The van der Waals surface area contributed by atoms with E-state index >= 15 is 0 Å². The van der Waals surface area contributed by atoms with Crippen molar-refractivity contribution in [1.29, 1.82) is 0 Å². The molecule has 4 rings (SSSR count). The van der Waals surface area contributed by atoms with E-state index in [0.29, 0.717) is 5.56 Å². The lowest BCUT2D eigenvalue weighted by Gasteiger charge is -2.37. The number of ether oxygens (including phenoxy) is 2. The quantitative estimate of drug-likeness (QED) is 0.248. The Balaban J connectivity index is 1.36. The monoisotopic (exact) mass is 581 g/mol. The average molecular weight is 582 g/mol. The second kappa shape index (κ2) is 12.6. The molecule has 1 N–H and O–H groups in total. The van der Waals surface area contributed by atoms with Gasteiger partial charge in [0, 0.05) is 16.9 Å². The largest absolute Gasteiger partial charge is 0.416 e. The Morgan fingerprint density at radius 2 is 1.85 bits per heavy atom. The summed E-state index contributed by atoms with van der Waals surface area (Å²) in [6.45, 7) is 4.02. The molecule has 40 heavy (non-hydrogen) atoms. The predicted molar refractivity (Wildman–Crippen MR) is 141 cm³/mol. The molecule has 0 bridgehead atoms. The number of allylic oxidation sites excluding steroid dienone is 2. The summed E-state index contributed by atoms with van der Waals surface area (Å²) in [4.78, 5) is 3.87. The van der Waals surface area contributed by atoms with Crippen molar-refractivity contribution >= 4 is 17.8 Å². The van der Waals surface area contributed by atoms with Gasteiger partial charge in [-0.1, -0.05) is 42.8 Å². The molecule has 214 valence electrons. The second-order valence-corrected chi connectivity index (χ2v) is 11.1. The van der Waals surface area contributed by atoms with Crippen LogP contribution in [0.4, 0.5) is 22.0 Å². The minimum absolute atomic E-state index is 0.0573. The van der Waals surface area contributed by atoms with Crippen molar-refractivity contribution in [3.8, 4) is 0 Å². The molecule has 1 aliphatic heterocycles. The minimum atomic E-state index is -4.38. The van der Waals surface area contributed by atoms with Crippen molar-refractivity contribution in [3.63, 3.8) is 0 Å². The molecule has 1 fully saturated rings. The third kappa shape index (κ3) is 7.57. The molecule has 12 heteroatoms. The first-order chi connectivity index (χ1) is 18.9. The summed E-state index contributed by atoms with van der Waals surface area (Å²) in [5.74, 6) is -1.61. The van der Waals surface area contributed by atoms with Crippen molar-refractivity contribution in [1.82, 2.24) is 14.8 Å². The van der Waals surface area contributed by atoms with Crippen LogP contribution in [0.5, 0.6) is 0 Å². The number of benzene rings is 2. The van der Waals surface area contributed by atoms with Gasteiger partial charge in [0.1, 0.15) is 29.9 Å². The highest BCUT2D eigenvalue weighted by atomic mass is 32.2. The molecule has 2 aromatic carbocycles. The van der Waals surface area contributed by atoms with Crippen LogP contribution in [0.3, 0.4) is 0 Å². The number of rotatable bonds is 9. The molecule has 6 nitrogen and oxygen atoms in total. The summed E-state index contributed by atoms with van der Waals surface area (Å²) >= 11 is 1.35. The van der Waals surface area contributed by atoms with E-state index in [4.69, 9.17) is 9.47 Å². The van der Waals surface area contributed by atoms with Crippen molar-refractivity contribution in [2.45, 2.75) is 49.0 Å². The molecule has 2 heterocycles. The van der Waals surface area contributed by atoms with Gasteiger partial charge in [0.05, 0.1) is 30.6 Å². The lowest BCUT2D eigenvalue weighted by molar-refractivity contribution is -0.146. The van der Waals surface area contributed by atoms with Crippen molar-refractivity contribution < 1.29 is 36.5 Å². The predicted octanol–water partition coefficient (Wildman–Crippen LogP) is 5.99. The van der Waals surface area contributed by atoms with E-state index in [2.05, 4.69) is 10.1 Å². The van der Waals surface area contributed by atoms with Crippen LogP contribution < -0.4 is 0 Å². The van der Waals surface area contributed by atoms with E-state index in [9.17, 15) is 27.1 Å². The highest BCUT2D eigenvalue weighted by molar-refractivity contribution is 8.00. The molecule has 0 spiro atoms. The Hall–Kier alpha value is -3.06. The summed E-state index contributed by atoms with van der Waals surface area (Å²) < 4.78 is 79.5. The van der Waals surface area contributed by atoms with Gasteiger partial charge in [-0.05, 0) is 36.8 Å². The molecule has 2 unspecified atom stereocenters. The fraction of sp³-hybridized carbons (Fsp3) is 0.357. The fourth-order valence-electron chi connectivity index (χ4n) is 4.24. The van der Waals surface area contributed by atoms with Crippen molar-refractivity contribution in [3.05, 3.63) is 101 Å². The molecule has 1 aromatic heterocycles. The van der Waals surface area contributed by atoms with Gasteiger partial charge in [0.2, 0.25) is 0 Å². The maximum absolute atomic E-state index is 14.8. The van der Waals surface area contributed by atoms with Crippen molar-refractivity contribution in [2.24, 2.45) is 0 Å². The van der Waals surface area contributed by atoms with E-state index in [-0.39, 0.29) is 30.6 Å². The molecule has 2 atom stereocenters. The molecule has 1 aliphatic rings. The van der Waals surface area contributed by atoms with Crippen LogP contribution >= 0.6 is 11.8 Å². The van der Waals surface area contributed by atoms with E-state index < -0.39 is 40.5 Å². The molecule has 0 saturated carbocycles. The Bertz CT molecular complexity index is 1320. The van der Waals surface area contributed by atoms with Crippen LogP contribution in [0.2, 0.25) is 0 Å². The Morgan fingerprint density at radius 1 is 1.15 bits per heavy atom. The van der Waals surface area contributed by atoms with Gasteiger partial charge in [-0.3, -0.25) is 0 Å². The summed E-state index contributed by atoms with van der Waals surface area (Å²) in [6, 6.07) is 7.93. The van der Waals surface area contributed by atoms with Gasteiger partial charge >= 0.3 is 6.18 Å². The van der Waals surface area contributed by atoms with Crippen LogP contribution in [-0.4, -0.2) is 49.9 Å². The number of aliphatic hydroxyl groups is 1. The second-order valence-electron chi connectivity index (χ2n) is 9.44. The average Bonchev–Trinajstić information content (AvgIpc) is 3.40. The highest BCUT2D eigenvalue weighted by Crippen LogP contribution is 2.38. The number of aromatic nitrogens is 3. The van der Waals surface area contributed by atoms with E-state index in [0.717, 1.165) is 29.8 Å². The summed E-state index contributed by atoms with van der Waals surface area (Å²) in [5.41, 5.74) is -1.09. The zero-order valence-electron chi connectivity index (χ0n) is 21.7. The zero-order valence-corrected chi connectivity index (χ0v) is 22.5. The van der Waals surface area contributed by atoms with E-state index in [1.807, 2.05) is 6.92 Å². The first-order valence-electron chi connectivity index (χ1n) is 12.4. The topological polar surface area (TPSA) is 69.4 Å². The molecular weight excluding hydrogens is 553 g/mol. The third-order valence-electron chi connectivity index (χ3n) is 6.38. The molecule has 0 amide bonds. The number of alkyl halides is 3. The summed E-state index contributed by atoms with van der Waals surface area (Å²) in [7, 11) is 0. The van der Waals surface area contributed by atoms with Crippen LogP contribution in [-0.2, 0) is 27.8 Å². The van der Waals surface area contributed by atoms with Crippen LogP contribution in [0.15, 0.2) is 72.8 Å². The third-order valence-corrected chi connectivity index (χ3v) is 7.83.